The van der Waals surface area contributed by atoms with E-state index in [1.165, 1.54) is 5.56 Å². The van der Waals surface area contributed by atoms with Gasteiger partial charge in [0.25, 0.3) is 0 Å². The van der Waals surface area contributed by atoms with Crippen LogP contribution >= 0.6 is 0 Å². The number of fused-ring (bicyclic) bond motifs is 2. The molecule has 6 rings (SSSR count). The number of esters is 1. The van der Waals surface area contributed by atoms with Gasteiger partial charge in [0.2, 0.25) is 0 Å². The number of aryl methyl sites for hydroxylation is 3. The summed E-state index contributed by atoms with van der Waals surface area (Å²) in [5, 5.41) is 0. The fourth-order valence-corrected chi connectivity index (χ4v) is 5.73. The molecule has 0 unspecified atom stereocenters. The third-order valence-electron chi connectivity index (χ3n) is 7.74. The first kappa shape index (κ1) is 27.5. The number of rotatable bonds is 8. The van der Waals surface area contributed by atoms with Gasteiger partial charge in [0.15, 0.2) is 0 Å². The minimum Gasteiger partial charge on any atom is -0.459 e. The Kier molecular flexibility index (Phi) is 7.38. The van der Waals surface area contributed by atoms with Gasteiger partial charge in [0.05, 0.1) is 33.7 Å². The van der Waals surface area contributed by atoms with Crippen LogP contribution in [0, 0.1) is 6.92 Å². The normalized spacial score (nSPS) is 11.6. The molecule has 212 valence electrons. The summed E-state index contributed by atoms with van der Waals surface area (Å²) in [6.07, 6.45) is 1.75. The molecule has 2 aromatic heterocycles. The van der Waals surface area contributed by atoms with E-state index in [4.69, 9.17) is 14.7 Å². The highest BCUT2D eigenvalue weighted by atomic mass is 16.5. The summed E-state index contributed by atoms with van der Waals surface area (Å²) in [6.45, 7) is 8.76. The molecule has 0 spiro atoms. The van der Waals surface area contributed by atoms with Crippen LogP contribution in [0.25, 0.3) is 44.6 Å². The molecule has 4 aromatic carbocycles. The fourth-order valence-electron chi connectivity index (χ4n) is 5.73. The van der Waals surface area contributed by atoms with Gasteiger partial charge < -0.3 is 13.9 Å². The van der Waals surface area contributed by atoms with Gasteiger partial charge >= 0.3 is 5.97 Å². The Morgan fingerprint density at radius 1 is 0.881 bits per heavy atom. The minimum atomic E-state index is -0.300. The Labute approximate surface area is 246 Å². The van der Waals surface area contributed by atoms with E-state index in [-0.39, 0.29) is 12.1 Å². The topological polar surface area (TPSA) is 61.9 Å². The second kappa shape index (κ2) is 11.3. The van der Waals surface area contributed by atoms with Crippen LogP contribution in [0.3, 0.4) is 0 Å². The predicted octanol–water partition coefficient (Wildman–Crippen LogP) is 8.13. The summed E-state index contributed by atoms with van der Waals surface area (Å²) in [5.74, 6) is 1.74. The van der Waals surface area contributed by atoms with E-state index in [0.717, 1.165) is 68.8 Å². The molecular weight excluding hydrogens is 520 g/mol. The molecule has 0 bridgehead atoms. The molecular formula is C36H36N4O2. The van der Waals surface area contributed by atoms with Crippen molar-refractivity contribution in [2.75, 3.05) is 0 Å². The highest BCUT2D eigenvalue weighted by molar-refractivity contribution is 5.97. The maximum atomic E-state index is 12.7. The zero-order valence-electron chi connectivity index (χ0n) is 24.9. The van der Waals surface area contributed by atoms with Crippen LogP contribution in [0.15, 0.2) is 84.9 Å². The Morgan fingerprint density at radius 2 is 1.62 bits per heavy atom. The lowest BCUT2D eigenvalue weighted by Crippen LogP contribution is -2.12. The average molecular weight is 557 g/mol. The summed E-state index contributed by atoms with van der Waals surface area (Å²) >= 11 is 0. The lowest BCUT2D eigenvalue weighted by molar-refractivity contribution is 0.0379. The molecule has 42 heavy (non-hydrogen) atoms. The van der Waals surface area contributed by atoms with Crippen LogP contribution in [0.4, 0.5) is 0 Å². The van der Waals surface area contributed by atoms with Gasteiger partial charge in [0.1, 0.15) is 11.6 Å². The van der Waals surface area contributed by atoms with E-state index in [2.05, 4.69) is 84.6 Å². The largest absolute Gasteiger partial charge is 0.459 e. The van der Waals surface area contributed by atoms with Crippen LogP contribution in [0.5, 0.6) is 0 Å². The van der Waals surface area contributed by atoms with Crippen molar-refractivity contribution < 1.29 is 9.53 Å². The van der Waals surface area contributed by atoms with Gasteiger partial charge in [-0.05, 0) is 79.8 Å². The Balaban J connectivity index is 1.38. The molecule has 0 N–H and O–H groups in total. The highest BCUT2D eigenvalue weighted by Crippen LogP contribution is 2.31. The lowest BCUT2D eigenvalue weighted by Gasteiger charge is -2.13. The molecule has 6 aromatic rings. The van der Waals surface area contributed by atoms with Gasteiger partial charge in [-0.2, -0.15) is 0 Å². The Bertz CT molecular complexity index is 1910. The second-order valence-corrected chi connectivity index (χ2v) is 11.2. The number of benzene rings is 4. The highest BCUT2D eigenvalue weighted by Gasteiger charge is 2.18. The summed E-state index contributed by atoms with van der Waals surface area (Å²) in [7, 11) is 2.08. The average Bonchev–Trinajstić information content (AvgIpc) is 3.51. The SMILES string of the molecule is CCCc1nc2c(C)cc(-c3nc4ccccc4n3C)cc2n1Cc1ccc(-c2ccccc2C(=O)OC(C)C)cc1. The number of hydrogen-bond acceptors (Lipinski definition) is 4. The summed E-state index contributed by atoms with van der Waals surface area (Å²) in [5.41, 5.74) is 10.1. The first-order valence-corrected chi connectivity index (χ1v) is 14.6. The number of carbonyl (C=O) groups is 1. The molecule has 0 atom stereocenters. The molecule has 0 fully saturated rings. The molecule has 0 saturated heterocycles. The summed E-state index contributed by atoms with van der Waals surface area (Å²) < 4.78 is 10.0. The van der Waals surface area contributed by atoms with Crippen LogP contribution < -0.4 is 0 Å². The molecule has 0 aliphatic rings. The first-order valence-electron chi connectivity index (χ1n) is 14.6. The predicted molar refractivity (Wildman–Crippen MR) is 170 cm³/mol. The standard InChI is InChI=1S/C36H36N4O2/c1-6-11-33-38-34-24(4)20-27(35-37-30-14-9-10-15-31(30)39(35)5)21-32(34)40(33)22-25-16-18-26(19-17-25)28-12-7-8-13-29(28)36(41)42-23(2)3/h7-10,12-21,23H,6,11,22H2,1-5H3. The Hall–Kier alpha value is -4.71. The van der Waals surface area contributed by atoms with Crippen molar-refractivity contribution in [2.24, 2.45) is 7.05 Å². The summed E-state index contributed by atoms with van der Waals surface area (Å²) in [4.78, 5) is 22.8. The van der Waals surface area contributed by atoms with Crippen molar-refractivity contribution in [1.29, 1.82) is 0 Å². The van der Waals surface area contributed by atoms with E-state index < -0.39 is 0 Å². The molecule has 0 amide bonds. The number of carbonyl (C=O) groups excluding carboxylic acids is 1. The zero-order chi connectivity index (χ0) is 29.4. The number of nitrogens with zero attached hydrogens (tertiary/aromatic N) is 4. The number of para-hydroxylation sites is 2. The molecule has 2 heterocycles. The third kappa shape index (κ3) is 5.09. The van der Waals surface area contributed by atoms with Crippen molar-refractivity contribution in [3.05, 3.63) is 107 Å². The van der Waals surface area contributed by atoms with Crippen molar-refractivity contribution in [3.63, 3.8) is 0 Å². The number of imidazole rings is 2. The van der Waals surface area contributed by atoms with Gasteiger partial charge in [-0.1, -0.05) is 61.5 Å². The maximum absolute atomic E-state index is 12.7. The van der Waals surface area contributed by atoms with Crippen molar-refractivity contribution >= 4 is 28.0 Å². The van der Waals surface area contributed by atoms with Gasteiger partial charge in [-0.3, -0.25) is 0 Å². The van der Waals surface area contributed by atoms with Crippen LogP contribution in [-0.2, 0) is 24.8 Å². The molecule has 0 aliphatic heterocycles. The van der Waals surface area contributed by atoms with E-state index in [9.17, 15) is 4.79 Å². The van der Waals surface area contributed by atoms with Crippen LogP contribution in [0.2, 0.25) is 0 Å². The van der Waals surface area contributed by atoms with Crippen LogP contribution in [-0.4, -0.2) is 31.2 Å². The van der Waals surface area contributed by atoms with E-state index in [0.29, 0.717) is 12.1 Å². The van der Waals surface area contributed by atoms with E-state index >= 15 is 0 Å². The lowest BCUT2D eigenvalue weighted by atomic mass is 9.98. The molecule has 6 nitrogen and oxygen atoms in total. The number of hydrogen-bond donors (Lipinski definition) is 0. The van der Waals surface area contributed by atoms with E-state index in [1.54, 1.807) is 0 Å². The fraction of sp³-hybridized carbons (Fsp3) is 0.250. The first-order chi connectivity index (χ1) is 20.3. The van der Waals surface area contributed by atoms with Gasteiger partial charge in [0, 0.05) is 25.6 Å². The molecule has 0 radical (unpaired) electrons. The minimum absolute atomic E-state index is 0.170. The van der Waals surface area contributed by atoms with Crippen molar-refractivity contribution in [1.82, 2.24) is 19.1 Å². The van der Waals surface area contributed by atoms with Crippen molar-refractivity contribution in [3.8, 4) is 22.5 Å². The van der Waals surface area contributed by atoms with Crippen molar-refractivity contribution in [2.45, 2.75) is 53.2 Å². The second-order valence-electron chi connectivity index (χ2n) is 11.2. The molecule has 6 heteroatoms. The number of ether oxygens (including phenoxy) is 1. The number of aromatic nitrogens is 4. The maximum Gasteiger partial charge on any atom is 0.339 e. The quantitative estimate of drug-likeness (QED) is 0.178. The zero-order valence-corrected chi connectivity index (χ0v) is 24.9. The van der Waals surface area contributed by atoms with Crippen LogP contribution in [0.1, 0.15) is 54.5 Å². The molecule has 0 aliphatic carbocycles. The van der Waals surface area contributed by atoms with Gasteiger partial charge in [-0.25, -0.2) is 14.8 Å². The third-order valence-corrected chi connectivity index (χ3v) is 7.74. The van der Waals surface area contributed by atoms with E-state index in [1.807, 2.05) is 44.2 Å². The monoisotopic (exact) mass is 556 g/mol. The Morgan fingerprint density at radius 3 is 2.36 bits per heavy atom. The smallest absolute Gasteiger partial charge is 0.339 e. The van der Waals surface area contributed by atoms with Gasteiger partial charge in [-0.15, -0.1) is 0 Å². The molecule has 0 saturated carbocycles. The summed E-state index contributed by atoms with van der Waals surface area (Å²) in [6, 6.07) is 28.8.